The van der Waals surface area contributed by atoms with Crippen LogP contribution in [-0.4, -0.2) is 25.6 Å². The van der Waals surface area contributed by atoms with Gasteiger partial charge in [-0.05, 0) is 36.8 Å². The van der Waals surface area contributed by atoms with Gasteiger partial charge in [-0.15, -0.1) is 0 Å². The molecule has 0 saturated heterocycles. The maximum absolute atomic E-state index is 12.5. The number of carbonyl (C=O) groups excluding carboxylic acids is 1. The van der Waals surface area contributed by atoms with E-state index in [9.17, 15) is 13.2 Å². The third-order valence-electron chi connectivity index (χ3n) is 3.26. The molecule has 4 nitrogen and oxygen atoms in total. The molecule has 0 N–H and O–H groups in total. The average molecular weight is 338 g/mol. The van der Waals surface area contributed by atoms with Gasteiger partial charge in [0.25, 0.3) is 0 Å². The van der Waals surface area contributed by atoms with Gasteiger partial charge in [0, 0.05) is 24.2 Å². The minimum atomic E-state index is -3.61. The minimum Gasteiger partial charge on any atom is -0.295 e. The lowest BCUT2D eigenvalue weighted by Crippen LogP contribution is -2.26. The predicted octanol–water partition coefficient (Wildman–Crippen LogP) is 3.36. The second-order valence-corrected chi connectivity index (χ2v) is 7.45. The lowest BCUT2D eigenvalue weighted by Gasteiger charge is -2.17. The first-order valence-electron chi connectivity index (χ1n) is 6.62. The SMILES string of the molecule is CC(=O)c1ccc(S(=O)(=O)N(C)Cc2cccc(Cl)c2)cc1. The van der Waals surface area contributed by atoms with Crippen LogP contribution in [0.2, 0.25) is 5.02 Å². The van der Waals surface area contributed by atoms with Gasteiger partial charge in [-0.2, -0.15) is 4.31 Å². The minimum absolute atomic E-state index is 0.101. The number of halogens is 1. The molecular formula is C16H16ClNO3S. The lowest BCUT2D eigenvalue weighted by molar-refractivity contribution is 0.101. The van der Waals surface area contributed by atoms with Crippen LogP contribution in [0.5, 0.6) is 0 Å². The quantitative estimate of drug-likeness (QED) is 0.786. The molecule has 0 aromatic heterocycles. The Labute approximate surface area is 135 Å². The number of rotatable bonds is 5. The summed E-state index contributed by atoms with van der Waals surface area (Å²) in [6, 6.07) is 13.0. The van der Waals surface area contributed by atoms with E-state index in [1.54, 1.807) is 18.2 Å². The van der Waals surface area contributed by atoms with Crippen LogP contribution in [0.15, 0.2) is 53.4 Å². The summed E-state index contributed by atoms with van der Waals surface area (Å²) >= 11 is 5.91. The smallest absolute Gasteiger partial charge is 0.243 e. The molecule has 2 aromatic carbocycles. The summed E-state index contributed by atoms with van der Waals surface area (Å²) in [5.41, 5.74) is 1.29. The van der Waals surface area contributed by atoms with Crippen LogP contribution in [0.4, 0.5) is 0 Å². The Morgan fingerprint density at radius 3 is 2.32 bits per heavy atom. The molecule has 0 heterocycles. The van der Waals surface area contributed by atoms with E-state index in [-0.39, 0.29) is 17.2 Å². The number of nitrogens with zero attached hydrogens (tertiary/aromatic N) is 1. The van der Waals surface area contributed by atoms with Gasteiger partial charge >= 0.3 is 0 Å². The summed E-state index contributed by atoms with van der Waals surface area (Å²) < 4.78 is 26.3. The molecule has 6 heteroatoms. The van der Waals surface area contributed by atoms with E-state index in [0.29, 0.717) is 10.6 Å². The van der Waals surface area contributed by atoms with E-state index in [0.717, 1.165) is 5.56 Å². The zero-order valence-electron chi connectivity index (χ0n) is 12.3. The molecule has 2 rings (SSSR count). The van der Waals surface area contributed by atoms with Crippen molar-refractivity contribution in [3.63, 3.8) is 0 Å². The number of Topliss-reactive ketones (excluding diaryl/α,β-unsaturated/α-hetero) is 1. The van der Waals surface area contributed by atoms with Crippen molar-refractivity contribution in [3.05, 3.63) is 64.7 Å². The largest absolute Gasteiger partial charge is 0.295 e. The van der Waals surface area contributed by atoms with Gasteiger partial charge in [-0.25, -0.2) is 8.42 Å². The predicted molar refractivity (Wildman–Crippen MR) is 86.6 cm³/mol. The van der Waals surface area contributed by atoms with Crippen LogP contribution in [-0.2, 0) is 16.6 Å². The number of hydrogen-bond donors (Lipinski definition) is 0. The molecule has 0 aliphatic heterocycles. The van der Waals surface area contributed by atoms with Gasteiger partial charge in [-0.1, -0.05) is 35.9 Å². The zero-order valence-corrected chi connectivity index (χ0v) is 13.9. The van der Waals surface area contributed by atoms with Crippen molar-refractivity contribution in [3.8, 4) is 0 Å². The zero-order chi connectivity index (χ0) is 16.3. The second-order valence-electron chi connectivity index (χ2n) is 4.97. The standard InChI is InChI=1S/C16H16ClNO3S/c1-12(19)14-6-8-16(9-7-14)22(20,21)18(2)11-13-4-3-5-15(17)10-13/h3-10H,11H2,1-2H3. The summed E-state index contributed by atoms with van der Waals surface area (Å²) in [5.74, 6) is -0.101. The maximum atomic E-state index is 12.5. The van der Waals surface area contributed by atoms with E-state index in [4.69, 9.17) is 11.6 Å². The molecule has 0 atom stereocenters. The summed E-state index contributed by atoms with van der Waals surface area (Å²) in [7, 11) is -2.10. The maximum Gasteiger partial charge on any atom is 0.243 e. The highest BCUT2D eigenvalue weighted by molar-refractivity contribution is 7.89. The Hall–Kier alpha value is -1.69. The van der Waals surface area contributed by atoms with Crippen LogP contribution in [0.25, 0.3) is 0 Å². The van der Waals surface area contributed by atoms with E-state index >= 15 is 0 Å². The lowest BCUT2D eigenvalue weighted by atomic mass is 10.2. The van der Waals surface area contributed by atoms with Crippen molar-refractivity contribution < 1.29 is 13.2 Å². The highest BCUT2D eigenvalue weighted by atomic mass is 35.5. The number of sulfonamides is 1. The van der Waals surface area contributed by atoms with Gasteiger partial charge in [0.2, 0.25) is 10.0 Å². The average Bonchev–Trinajstić information content (AvgIpc) is 2.47. The monoisotopic (exact) mass is 337 g/mol. The summed E-state index contributed by atoms with van der Waals surface area (Å²) in [6.45, 7) is 1.66. The fourth-order valence-electron chi connectivity index (χ4n) is 2.02. The fraction of sp³-hybridized carbons (Fsp3) is 0.188. The van der Waals surface area contributed by atoms with Crippen molar-refractivity contribution in [1.82, 2.24) is 4.31 Å². The van der Waals surface area contributed by atoms with Crippen molar-refractivity contribution in [2.75, 3.05) is 7.05 Å². The van der Waals surface area contributed by atoms with Crippen molar-refractivity contribution >= 4 is 27.4 Å². The Morgan fingerprint density at radius 2 is 1.77 bits per heavy atom. The van der Waals surface area contributed by atoms with Crippen LogP contribution in [0.3, 0.4) is 0 Å². The summed E-state index contributed by atoms with van der Waals surface area (Å²) in [6.07, 6.45) is 0. The van der Waals surface area contributed by atoms with Gasteiger partial charge in [0.15, 0.2) is 5.78 Å². The van der Waals surface area contributed by atoms with E-state index in [2.05, 4.69) is 0 Å². The molecule has 2 aromatic rings. The van der Waals surface area contributed by atoms with Crippen molar-refractivity contribution in [1.29, 1.82) is 0 Å². The van der Waals surface area contributed by atoms with E-state index in [1.165, 1.54) is 42.5 Å². The normalized spacial score (nSPS) is 11.6. The third kappa shape index (κ3) is 3.74. The molecule has 22 heavy (non-hydrogen) atoms. The van der Waals surface area contributed by atoms with Crippen LogP contribution in [0, 0.1) is 0 Å². The second kappa shape index (κ2) is 6.60. The molecule has 0 fully saturated rings. The first-order chi connectivity index (χ1) is 10.3. The first-order valence-corrected chi connectivity index (χ1v) is 8.44. The summed E-state index contributed by atoms with van der Waals surface area (Å²) in [4.78, 5) is 11.4. The van der Waals surface area contributed by atoms with Crippen LogP contribution >= 0.6 is 11.6 Å². The molecular weight excluding hydrogens is 322 g/mol. The highest BCUT2D eigenvalue weighted by Gasteiger charge is 2.21. The van der Waals surface area contributed by atoms with Crippen LogP contribution < -0.4 is 0 Å². The highest BCUT2D eigenvalue weighted by Crippen LogP contribution is 2.19. The van der Waals surface area contributed by atoms with Crippen LogP contribution in [0.1, 0.15) is 22.8 Å². The molecule has 0 aliphatic rings. The number of hydrogen-bond acceptors (Lipinski definition) is 3. The van der Waals surface area contributed by atoms with Gasteiger partial charge < -0.3 is 0 Å². The Bertz CT molecular complexity index is 785. The molecule has 0 bridgehead atoms. The Balaban J connectivity index is 2.23. The number of benzene rings is 2. The molecule has 0 radical (unpaired) electrons. The summed E-state index contributed by atoms with van der Waals surface area (Å²) in [5, 5.41) is 0.564. The Kier molecular flexibility index (Phi) is 5.01. The van der Waals surface area contributed by atoms with Crippen molar-refractivity contribution in [2.24, 2.45) is 0 Å². The van der Waals surface area contributed by atoms with Crippen molar-refractivity contribution in [2.45, 2.75) is 18.4 Å². The topological polar surface area (TPSA) is 54.5 Å². The third-order valence-corrected chi connectivity index (χ3v) is 5.32. The number of ketones is 1. The molecule has 0 amide bonds. The number of carbonyl (C=O) groups is 1. The Morgan fingerprint density at radius 1 is 1.14 bits per heavy atom. The first kappa shape index (κ1) is 16.7. The molecule has 0 saturated carbocycles. The van der Waals surface area contributed by atoms with Gasteiger partial charge in [0.05, 0.1) is 4.90 Å². The fourth-order valence-corrected chi connectivity index (χ4v) is 3.39. The van der Waals surface area contributed by atoms with E-state index < -0.39 is 10.0 Å². The van der Waals surface area contributed by atoms with Gasteiger partial charge in [-0.3, -0.25) is 4.79 Å². The van der Waals surface area contributed by atoms with E-state index in [1.807, 2.05) is 6.07 Å². The molecule has 0 aliphatic carbocycles. The molecule has 116 valence electrons. The molecule has 0 unspecified atom stereocenters. The van der Waals surface area contributed by atoms with Gasteiger partial charge in [0.1, 0.15) is 0 Å². The molecule has 0 spiro atoms.